The van der Waals surface area contributed by atoms with Crippen LogP contribution in [0.25, 0.3) is 0 Å². The first-order chi connectivity index (χ1) is 6.97. The Balaban J connectivity index is 2.86. The predicted molar refractivity (Wildman–Crippen MR) is 63.9 cm³/mol. The minimum atomic E-state index is 0.123. The molecule has 0 saturated heterocycles. The van der Waals surface area contributed by atoms with Crippen LogP contribution in [-0.4, -0.2) is 0 Å². The number of furan rings is 1. The molecule has 0 spiro atoms. The van der Waals surface area contributed by atoms with E-state index in [4.69, 9.17) is 10.2 Å². The molecular weight excluding hydrogens is 186 g/mol. The van der Waals surface area contributed by atoms with Crippen LogP contribution < -0.4 is 5.73 Å². The summed E-state index contributed by atoms with van der Waals surface area (Å²) in [6.45, 7) is 10.6. The van der Waals surface area contributed by atoms with Gasteiger partial charge in [-0.3, -0.25) is 0 Å². The number of rotatable bonds is 4. The molecule has 1 aromatic heterocycles. The van der Waals surface area contributed by atoms with Crippen molar-refractivity contribution in [1.29, 1.82) is 0 Å². The zero-order chi connectivity index (χ0) is 11.6. The zero-order valence-corrected chi connectivity index (χ0v) is 10.6. The Labute approximate surface area is 92.9 Å². The molecule has 0 aliphatic rings. The van der Waals surface area contributed by atoms with Crippen molar-refractivity contribution in [2.75, 3.05) is 0 Å². The van der Waals surface area contributed by atoms with Crippen molar-refractivity contribution in [2.24, 2.45) is 11.7 Å². The van der Waals surface area contributed by atoms with E-state index in [9.17, 15) is 0 Å². The number of nitrogens with two attached hydrogens (primary N) is 1. The molecule has 2 heteroatoms. The number of hydrogen-bond donors (Lipinski definition) is 1. The van der Waals surface area contributed by atoms with Crippen LogP contribution in [0.3, 0.4) is 0 Å². The first-order valence-corrected chi connectivity index (χ1v) is 5.79. The zero-order valence-electron chi connectivity index (χ0n) is 10.6. The van der Waals surface area contributed by atoms with Gasteiger partial charge >= 0.3 is 0 Å². The van der Waals surface area contributed by atoms with Gasteiger partial charge in [0.1, 0.15) is 11.5 Å². The van der Waals surface area contributed by atoms with E-state index in [-0.39, 0.29) is 6.04 Å². The summed E-state index contributed by atoms with van der Waals surface area (Å²) < 4.78 is 5.60. The summed E-state index contributed by atoms with van der Waals surface area (Å²) in [6.07, 6.45) is 2.22. The Morgan fingerprint density at radius 2 is 1.80 bits per heavy atom. The molecule has 2 N–H and O–H groups in total. The quantitative estimate of drug-likeness (QED) is 0.822. The molecule has 0 bridgehead atoms. The third-order valence-electron chi connectivity index (χ3n) is 3.34. The van der Waals surface area contributed by atoms with Crippen molar-refractivity contribution >= 4 is 0 Å². The van der Waals surface area contributed by atoms with E-state index in [1.54, 1.807) is 0 Å². The van der Waals surface area contributed by atoms with Gasteiger partial charge in [-0.05, 0) is 38.7 Å². The molecule has 2 nitrogen and oxygen atoms in total. The van der Waals surface area contributed by atoms with Gasteiger partial charge in [-0.2, -0.15) is 0 Å². The first-order valence-electron chi connectivity index (χ1n) is 5.79. The van der Waals surface area contributed by atoms with Crippen LogP contribution in [0.1, 0.15) is 55.4 Å². The normalized spacial score (nSPS) is 15.3. The Hall–Kier alpha value is -0.760. The number of aryl methyl sites for hydroxylation is 2. The molecule has 0 fully saturated rings. The van der Waals surface area contributed by atoms with Crippen molar-refractivity contribution in [1.82, 2.24) is 0 Å². The van der Waals surface area contributed by atoms with Gasteiger partial charge < -0.3 is 10.2 Å². The standard InChI is InChI=1S/C13H23NO/c1-6-8(2)7-12(14)13-9(3)10(4)15-11(13)5/h8,12H,6-7,14H2,1-5H3. The van der Waals surface area contributed by atoms with Gasteiger partial charge in [0.05, 0.1) is 0 Å². The smallest absolute Gasteiger partial charge is 0.106 e. The van der Waals surface area contributed by atoms with E-state index in [1.807, 2.05) is 13.8 Å². The minimum absolute atomic E-state index is 0.123. The van der Waals surface area contributed by atoms with Crippen molar-refractivity contribution in [3.05, 3.63) is 22.6 Å². The van der Waals surface area contributed by atoms with Gasteiger partial charge in [-0.15, -0.1) is 0 Å². The fraction of sp³-hybridized carbons (Fsp3) is 0.692. The lowest BCUT2D eigenvalue weighted by Crippen LogP contribution is -2.15. The molecule has 0 amide bonds. The van der Waals surface area contributed by atoms with Crippen LogP contribution in [0.2, 0.25) is 0 Å². The number of hydrogen-bond acceptors (Lipinski definition) is 2. The summed E-state index contributed by atoms with van der Waals surface area (Å²) in [5.41, 5.74) is 8.67. The Bertz CT molecular complexity index is 328. The Kier molecular flexibility index (Phi) is 3.97. The Morgan fingerprint density at radius 3 is 2.20 bits per heavy atom. The van der Waals surface area contributed by atoms with Crippen LogP contribution in [-0.2, 0) is 0 Å². The summed E-state index contributed by atoms with van der Waals surface area (Å²) >= 11 is 0. The summed E-state index contributed by atoms with van der Waals surface area (Å²) in [5.74, 6) is 2.66. The van der Waals surface area contributed by atoms with Crippen molar-refractivity contribution in [3.63, 3.8) is 0 Å². The summed E-state index contributed by atoms with van der Waals surface area (Å²) in [4.78, 5) is 0. The van der Waals surface area contributed by atoms with Crippen LogP contribution in [0.15, 0.2) is 4.42 Å². The van der Waals surface area contributed by atoms with Crippen molar-refractivity contribution in [3.8, 4) is 0 Å². The van der Waals surface area contributed by atoms with Gasteiger partial charge in [0, 0.05) is 11.6 Å². The lowest BCUT2D eigenvalue weighted by atomic mass is 9.93. The van der Waals surface area contributed by atoms with E-state index in [1.165, 1.54) is 17.5 Å². The lowest BCUT2D eigenvalue weighted by Gasteiger charge is -2.16. The molecule has 0 radical (unpaired) electrons. The molecule has 1 aromatic rings. The highest BCUT2D eigenvalue weighted by molar-refractivity contribution is 5.33. The van der Waals surface area contributed by atoms with Crippen molar-refractivity contribution in [2.45, 2.75) is 53.5 Å². The molecule has 15 heavy (non-hydrogen) atoms. The van der Waals surface area contributed by atoms with E-state index < -0.39 is 0 Å². The Morgan fingerprint density at radius 1 is 1.20 bits per heavy atom. The second-order valence-corrected chi connectivity index (χ2v) is 4.61. The second kappa shape index (κ2) is 4.84. The third-order valence-corrected chi connectivity index (χ3v) is 3.34. The molecule has 2 atom stereocenters. The maximum Gasteiger partial charge on any atom is 0.106 e. The lowest BCUT2D eigenvalue weighted by molar-refractivity contribution is 0.450. The maximum atomic E-state index is 6.23. The predicted octanol–water partition coefficient (Wildman–Crippen LogP) is 3.64. The topological polar surface area (TPSA) is 39.2 Å². The fourth-order valence-electron chi connectivity index (χ4n) is 2.07. The van der Waals surface area contributed by atoms with Gasteiger partial charge in [0.2, 0.25) is 0 Å². The summed E-state index contributed by atoms with van der Waals surface area (Å²) in [7, 11) is 0. The third kappa shape index (κ3) is 2.63. The molecule has 0 saturated carbocycles. The van der Waals surface area contributed by atoms with E-state index >= 15 is 0 Å². The van der Waals surface area contributed by atoms with E-state index in [0.717, 1.165) is 17.9 Å². The maximum absolute atomic E-state index is 6.23. The van der Waals surface area contributed by atoms with Gasteiger partial charge in [-0.1, -0.05) is 20.3 Å². The minimum Gasteiger partial charge on any atom is -0.466 e. The van der Waals surface area contributed by atoms with Crippen LogP contribution in [0.4, 0.5) is 0 Å². The molecule has 86 valence electrons. The van der Waals surface area contributed by atoms with Gasteiger partial charge in [0.25, 0.3) is 0 Å². The highest BCUT2D eigenvalue weighted by Gasteiger charge is 2.19. The average molecular weight is 209 g/mol. The monoisotopic (exact) mass is 209 g/mol. The fourth-order valence-corrected chi connectivity index (χ4v) is 2.07. The highest BCUT2D eigenvalue weighted by Crippen LogP contribution is 2.29. The largest absolute Gasteiger partial charge is 0.466 e. The molecular formula is C13H23NO. The van der Waals surface area contributed by atoms with Crippen LogP contribution in [0, 0.1) is 26.7 Å². The van der Waals surface area contributed by atoms with Gasteiger partial charge in [-0.25, -0.2) is 0 Å². The van der Waals surface area contributed by atoms with Crippen molar-refractivity contribution < 1.29 is 4.42 Å². The summed E-state index contributed by atoms with van der Waals surface area (Å²) in [5, 5.41) is 0. The average Bonchev–Trinajstić information content (AvgIpc) is 2.41. The molecule has 1 rings (SSSR count). The molecule has 0 aliphatic carbocycles. The van der Waals surface area contributed by atoms with E-state index in [0.29, 0.717) is 5.92 Å². The molecule has 0 aromatic carbocycles. The second-order valence-electron chi connectivity index (χ2n) is 4.61. The van der Waals surface area contributed by atoms with E-state index in [2.05, 4.69) is 20.8 Å². The molecule has 1 heterocycles. The molecule has 2 unspecified atom stereocenters. The summed E-state index contributed by atoms with van der Waals surface area (Å²) in [6, 6.07) is 0.123. The SMILES string of the molecule is CCC(C)CC(N)c1c(C)oc(C)c1C. The van der Waals surface area contributed by atoms with Crippen LogP contribution in [0.5, 0.6) is 0 Å². The highest BCUT2D eigenvalue weighted by atomic mass is 16.3. The van der Waals surface area contributed by atoms with Gasteiger partial charge in [0.15, 0.2) is 0 Å². The molecule has 0 aliphatic heterocycles. The first kappa shape index (κ1) is 12.3. The van der Waals surface area contributed by atoms with Crippen LogP contribution >= 0.6 is 0 Å².